The molecule has 1 unspecified atom stereocenters. The summed E-state index contributed by atoms with van der Waals surface area (Å²) in [6.07, 6.45) is 4.69. The summed E-state index contributed by atoms with van der Waals surface area (Å²) >= 11 is 0. The van der Waals surface area contributed by atoms with E-state index < -0.39 is 5.60 Å². The molecule has 3 rings (SSSR count). The lowest BCUT2D eigenvalue weighted by Crippen LogP contribution is -2.27. The number of fused-ring (bicyclic) bond motifs is 1. The summed E-state index contributed by atoms with van der Waals surface area (Å²) in [4.78, 5) is 4.21. The van der Waals surface area contributed by atoms with Crippen molar-refractivity contribution in [3.05, 3.63) is 53.4 Å². The van der Waals surface area contributed by atoms with Gasteiger partial charge in [-0.25, -0.2) is 9.37 Å². The maximum atomic E-state index is 13.1. The van der Waals surface area contributed by atoms with Crippen LogP contribution in [0.1, 0.15) is 23.4 Å². The Hall–Kier alpha value is -1.68. The number of nitrogens with zero attached hydrogens (tertiary/aromatic N) is 2. The molecule has 0 fully saturated rings. The van der Waals surface area contributed by atoms with Gasteiger partial charge in [0.1, 0.15) is 17.2 Å². The van der Waals surface area contributed by atoms with Crippen LogP contribution in [0.5, 0.6) is 0 Å². The number of halogens is 1. The molecule has 4 heteroatoms. The highest BCUT2D eigenvalue weighted by molar-refractivity contribution is 5.42. The summed E-state index contributed by atoms with van der Waals surface area (Å²) in [5, 5.41) is 10.8. The number of imidazole rings is 1. The molecule has 3 nitrogen and oxygen atoms in total. The van der Waals surface area contributed by atoms with Crippen molar-refractivity contribution in [1.29, 1.82) is 0 Å². The van der Waals surface area contributed by atoms with Crippen molar-refractivity contribution in [3.8, 4) is 0 Å². The van der Waals surface area contributed by atoms with Gasteiger partial charge in [0.05, 0.1) is 0 Å². The molecule has 88 valence electrons. The van der Waals surface area contributed by atoms with Crippen molar-refractivity contribution in [3.63, 3.8) is 0 Å². The third-order valence-electron chi connectivity index (χ3n) is 3.46. The average Bonchev–Trinajstić information content (AvgIpc) is 2.85. The Kier molecular flexibility index (Phi) is 2.10. The van der Waals surface area contributed by atoms with Crippen molar-refractivity contribution in [2.24, 2.45) is 7.05 Å². The lowest BCUT2D eigenvalue weighted by molar-refractivity contribution is 0.0703. The molecule has 1 aromatic heterocycles. The van der Waals surface area contributed by atoms with Crippen molar-refractivity contribution in [1.82, 2.24) is 9.55 Å². The first-order valence-corrected chi connectivity index (χ1v) is 5.60. The van der Waals surface area contributed by atoms with Crippen LogP contribution in [0.25, 0.3) is 0 Å². The van der Waals surface area contributed by atoms with Crippen molar-refractivity contribution >= 4 is 0 Å². The highest BCUT2D eigenvalue weighted by atomic mass is 19.1. The molecule has 0 saturated heterocycles. The minimum absolute atomic E-state index is 0.257. The van der Waals surface area contributed by atoms with Gasteiger partial charge in [-0.3, -0.25) is 0 Å². The zero-order chi connectivity index (χ0) is 12.0. The Labute approximate surface area is 98.5 Å². The standard InChI is InChI=1S/C13H13FN2O/c1-16-7-6-15-12(16)13(17)5-4-9-8-10(14)2-3-11(9)13/h2-3,6-8,17H,4-5H2,1H3. The molecule has 1 heterocycles. The van der Waals surface area contributed by atoms with E-state index in [1.54, 1.807) is 23.0 Å². The van der Waals surface area contributed by atoms with E-state index in [2.05, 4.69) is 4.98 Å². The van der Waals surface area contributed by atoms with Gasteiger partial charge in [0, 0.05) is 19.4 Å². The van der Waals surface area contributed by atoms with Crippen molar-refractivity contribution in [2.75, 3.05) is 0 Å². The molecule has 1 N–H and O–H groups in total. The molecular formula is C13H13FN2O. The molecule has 1 aliphatic carbocycles. The highest BCUT2D eigenvalue weighted by Gasteiger charge is 2.41. The first kappa shape index (κ1) is 10.5. The van der Waals surface area contributed by atoms with Crippen molar-refractivity contribution < 1.29 is 9.50 Å². The van der Waals surface area contributed by atoms with E-state index in [0.717, 1.165) is 11.1 Å². The number of rotatable bonds is 1. The number of hydrogen-bond acceptors (Lipinski definition) is 2. The van der Waals surface area contributed by atoms with Gasteiger partial charge in [0.25, 0.3) is 0 Å². The lowest BCUT2D eigenvalue weighted by atomic mass is 9.95. The first-order chi connectivity index (χ1) is 8.11. The van der Waals surface area contributed by atoms with Gasteiger partial charge < -0.3 is 9.67 Å². The zero-order valence-electron chi connectivity index (χ0n) is 9.52. The van der Waals surface area contributed by atoms with Gasteiger partial charge in [-0.2, -0.15) is 0 Å². The molecule has 1 aliphatic rings. The molecule has 1 aromatic carbocycles. The molecule has 2 aromatic rings. The molecule has 0 bridgehead atoms. The maximum Gasteiger partial charge on any atom is 0.148 e. The van der Waals surface area contributed by atoms with Crippen LogP contribution in [0.3, 0.4) is 0 Å². The normalized spacial score (nSPS) is 22.8. The van der Waals surface area contributed by atoms with Crippen LogP contribution in [-0.4, -0.2) is 14.7 Å². The minimum Gasteiger partial charge on any atom is -0.377 e. The number of aryl methyl sites for hydroxylation is 2. The Morgan fingerprint density at radius 1 is 1.47 bits per heavy atom. The summed E-state index contributed by atoms with van der Waals surface area (Å²) in [6, 6.07) is 4.54. The molecular weight excluding hydrogens is 219 g/mol. The van der Waals surface area contributed by atoms with Crippen LogP contribution in [0.15, 0.2) is 30.6 Å². The van der Waals surface area contributed by atoms with Crippen LogP contribution < -0.4 is 0 Å². The lowest BCUT2D eigenvalue weighted by Gasteiger charge is -2.23. The van der Waals surface area contributed by atoms with Gasteiger partial charge >= 0.3 is 0 Å². The van der Waals surface area contributed by atoms with E-state index in [0.29, 0.717) is 18.7 Å². The third-order valence-corrected chi connectivity index (χ3v) is 3.46. The minimum atomic E-state index is -1.08. The topological polar surface area (TPSA) is 38.0 Å². The number of aromatic nitrogens is 2. The molecule has 0 spiro atoms. The second-order valence-electron chi connectivity index (χ2n) is 4.52. The SMILES string of the molecule is Cn1ccnc1C1(O)CCc2cc(F)ccc21. The van der Waals surface area contributed by atoms with Gasteiger partial charge in [-0.1, -0.05) is 6.07 Å². The second-order valence-corrected chi connectivity index (χ2v) is 4.52. The van der Waals surface area contributed by atoms with Crippen LogP contribution >= 0.6 is 0 Å². The van der Waals surface area contributed by atoms with Crippen LogP contribution in [0.2, 0.25) is 0 Å². The van der Waals surface area contributed by atoms with Crippen LogP contribution in [-0.2, 0) is 19.1 Å². The van der Waals surface area contributed by atoms with E-state index in [4.69, 9.17) is 0 Å². The number of aliphatic hydroxyl groups is 1. The fraction of sp³-hybridized carbons (Fsp3) is 0.308. The maximum absolute atomic E-state index is 13.1. The number of benzene rings is 1. The predicted octanol–water partition coefficient (Wildman–Crippen LogP) is 1.74. The molecule has 0 amide bonds. The Bertz CT molecular complexity index is 579. The van der Waals surface area contributed by atoms with Gasteiger partial charge in [-0.15, -0.1) is 0 Å². The van der Waals surface area contributed by atoms with Gasteiger partial charge in [0.15, 0.2) is 0 Å². The number of hydrogen-bond donors (Lipinski definition) is 1. The van der Waals surface area contributed by atoms with E-state index >= 15 is 0 Å². The van der Waals surface area contributed by atoms with Gasteiger partial charge in [-0.05, 0) is 36.1 Å². The predicted molar refractivity (Wildman–Crippen MR) is 60.9 cm³/mol. The largest absolute Gasteiger partial charge is 0.377 e. The summed E-state index contributed by atoms with van der Waals surface area (Å²) in [5.41, 5.74) is 0.560. The summed E-state index contributed by atoms with van der Waals surface area (Å²) in [7, 11) is 1.85. The molecule has 17 heavy (non-hydrogen) atoms. The zero-order valence-corrected chi connectivity index (χ0v) is 9.52. The molecule has 1 atom stereocenters. The highest BCUT2D eigenvalue weighted by Crippen LogP contribution is 2.41. The average molecular weight is 232 g/mol. The molecule has 0 aliphatic heterocycles. The summed E-state index contributed by atoms with van der Waals surface area (Å²) in [6.45, 7) is 0. The molecule has 0 saturated carbocycles. The van der Waals surface area contributed by atoms with Crippen LogP contribution in [0, 0.1) is 5.82 Å². The quantitative estimate of drug-likeness (QED) is 0.813. The first-order valence-electron chi connectivity index (χ1n) is 5.60. The van der Waals surface area contributed by atoms with E-state index in [9.17, 15) is 9.50 Å². The Morgan fingerprint density at radius 3 is 3.00 bits per heavy atom. The summed E-state index contributed by atoms with van der Waals surface area (Å²) < 4.78 is 14.9. The van der Waals surface area contributed by atoms with Crippen LogP contribution in [0.4, 0.5) is 4.39 Å². The Balaban J connectivity index is 2.17. The smallest absolute Gasteiger partial charge is 0.148 e. The third kappa shape index (κ3) is 1.41. The van der Waals surface area contributed by atoms with Gasteiger partial charge in [0.2, 0.25) is 0 Å². The molecule has 0 radical (unpaired) electrons. The van der Waals surface area contributed by atoms with Crippen molar-refractivity contribution in [2.45, 2.75) is 18.4 Å². The van der Waals surface area contributed by atoms with E-state index in [-0.39, 0.29) is 5.82 Å². The summed E-state index contributed by atoms with van der Waals surface area (Å²) in [5.74, 6) is 0.357. The fourth-order valence-electron chi connectivity index (χ4n) is 2.62. The second kappa shape index (κ2) is 3.40. The fourth-order valence-corrected chi connectivity index (χ4v) is 2.62. The Morgan fingerprint density at radius 2 is 2.29 bits per heavy atom. The van der Waals surface area contributed by atoms with E-state index in [1.807, 2.05) is 7.05 Å². The monoisotopic (exact) mass is 232 g/mol. The van der Waals surface area contributed by atoms with E-state index in [1.165, 1.54) is 12.1 Å².